The molecular weight excluding hydrogens is 488 g/mol. The second kappa shape index (κ2) is 8.51. The third-order valence-corrected chi connectivity index (χ3v) is 7.67. The molecule has 0 saturated carbocycles. The molecule has 0 fully saturated rings. The quantitative estimate of drug-likeness (QED) is 0.295. The van der Waals surface area contributed by atoms with Crippen LogP contribution in [0.15, 0.2) is 61.1 Å². The molecular formula is C25H23ClN4O4S. The monoisotopic (exact) mass is 510 g/mol. The largest absolute Gasteiger partial charge is 0.506 e. The summed E-state index contributed by atoms with van der Waals surface area (Å²) < 4.78 is 31.5. The van der Waals surface area contributed by atoms with Crippen molar-refractivity contribution in [1.82, 2.24) is 14.1 Å². The predicted octanol–water partition coefficient (Wildman–Crippen LogP) is 5.07. The smallest absolute Gasteiger partial charge is 0.236 e. The number of anilines is 1. The molecule has 180 valence electrons. The van der Waals surface area contributed by atoms with Gasteiger partial charge in [-0.15, -0.1) is 0 Å². The van der Waals surface area contributed by atoms with Crippen LogP contribution in [0.1, 0.15) is 12.5 Å². The van der Waals surface area contributed by atoms with E-state index in [1.807, 2.05) is 48.3 Å². The Bertz CT molecular complexity index is 1710. The molecule has 0 unspecified atom stereocenters. The van der Waals surface area contributed by atoms with E-state index >= 15 is 0 Å². The van der Waals surface area contributed by atoms with Gasteiger partial charge in [0.25, 0.3) is 0 Å². The Hall–Kier alpha value is -3.69. The third-order valence-electron chi connectivity index (χ3n) is 6.08. The van der Waals surface area contributed by atoms with E-state index in [-0.39, 0.29) is 22.4 Å². The van der Waals surface area contributed by atoms with Crippen LogP contribution in [0.3, 0.4) is 0 Å². The first-order chi connectivity index (χ1) is 16.7. The number of hydrogen-bond acceptors (Lipinski definition) is 5. The van der Waals surface area contributed by atoms with E-state index in [9.17, 15) is 18.6 Å². The van der Waals surface area contributed by atoms with Crippen LogP contribution in [0.4, 0.5) is 5.69 Å². The van der Waals surface area contributed by atoms with E-state index < -0.39 is 10.0 Å². The van der Waals surface area contributed by atoms with Crippen molar-refractivity contribution in [3.63, 3.8) is 0 Å². The maximum absolute atomic E-state index is 12.5. The third kappa shape index (κ3) is 4.17. The molecule has 3 heterocycles. The van der Waals surface area contributed by atoms with Gasteiger partial charge in [-0.2, -0.15) is 0 Å². The van der Waals surface area contributed by atoms with Crippen LogP contribution in [-0.4, -0.2) is 38.5 Å². The van der Waals surface area contributed by atoms with E-state index in [0.717, 1.165) is 33.0 Å². The minimum atomic E-state index is -3.53. The molecule has 0 atom stereocenters. The molecule has 8 nitrogen and oxygen atoms in total. The summed E-state index contributed by atoms with van der Waals surface area (Å²) in [7, 11) is -1.70. The van der Waals surface area contributed by atoms with Gasteiger partial charge >= 0.3 is 0 Å². The number of aromatic nitrogens is 3. The maximum atomic E-state index is 12.5. The molecule has 0 bridgehead atoms. The lowest BCUT2D eigenvalue weighted by molar-refractivity contribution is 0.457. The number of halogens is 1. The molecule has 5 rings (SSSR count). The van der Waals surface area contributed by atoms with Crippen LogP contribution < -0.4 is 4.72 Å². The number of pyridine rings is 1. The molecule has 0 radical (unpaired) electrons. The second-order valence-electron chi connectivity index (χ2n) is 8.38. The van der Waals surface area contributed by atoms with Crippen molar-refractivity contribution in [1.29, 1.82) is 0 Å². The molecule has 3 N–H and O–H groups in total. The summed E-state index contributed by atoms with van der Waals surface area (Å²) in [6, 6.07) is 12.5. The molecule has 0 saturated heterocycles. The Morgan fingerprint density at radius 1 is 1.09 bits per heavy atom. The van der Waals surface area contributed by atoms with Crippen LogP contribution in [-0.2, 0) is 23.6 Å². The Kier molecular flexibility index (Phi) is 5.61. The van der Waals surface area contributed by atoms with Crippen molar-refractivity contribution in [2.45, 2.75) is 13.5 Å². The summed E-state index contributed by atoms with van der Waals surface area (Å²) >= 11 is 6.10. The highest BCUT2D eigenvalue weighted by molar-refractivity contribution is 7.92. The number of phenols is 1. The van der Waals surface area contributed by atoms with Crippen molar-refractivity contribution in [3.05, 3.63) is 71.6 Å². The molecule has 5 aromatic rings. The number of rotatable bonds is 6. The van der Waals surface area contributed by atoms with E-state index in [1.54, 1.807) is 29.7 Å². The summed E-state index contributed by atoms with van der Waals surface area (Å²) in [5, 5.41) is 21.8. The number of nitrogens with zero attached hydrogens (tertiary/aromatic N) is 3. The predicted molar refractivity (Wildman–Crippen MR) is 139 cm³/mol. The fraction of sp³-hybridized carbons (Fsp3) is 0.160. The van der Waals surface area contributed by atoms with E-state index in [0.29, 0.717) is 17.7 Å². The van der Waals surface area contributed by atoms with Gasteiger partial charge in [0.2, 0.25) is 15.9 Å². The fourth-order valence-electron chi connectivity index (χ4n) is 4.32. The summed E-state index contributed by atoms with van der Waals surface area (Å²) in [6.07, 6.45) is 5.31. The first kappa shape index (κ1) is 23.1. The molecule has 0 aliphatic carbocycles. The topological polar surface area (TPSA) is 109 Å². The maximum Gasteiger partial charge on any atom is 0.236 e. The average Bonchev–Trinajstić information content (AvgIpc) is 3.38. The number of sulfonamides is 1. The summed E-state index contributed by atoms with van der Waals surface area (Å²) in [6.45, 7) is 2.05. The summed E-state index contributed by atoms with van der Waals surface area (Å²) in [5.74, 6) is -0.115. The zero-order chi connectivity index (χ0) is 24.9. The van der Waals surface area contributed by atoms with E-state index in [4.69, 9.17) is 11.6 Å². The highest BCUT2D eigenvalue weighted by Gasteiger charge is 2.18. The SMILES string of the molecule is CCS(=O)(=O)Nc1cc(-c2cn(C)c3c(O)nccc23)cc2c1ccn2Cc1ccc(O)c(Cl)c1. The number of benzene rings is 2. The zero-order valence-electron chi connectivity index (χ0n) is 19.0. The van der Waals surface area contributed by atoms with Gasteiger partial charge in [-0.3, -0.25) is 4.72 Å². The lowest BCUT2D eigenvalue weighted by Gasteiger charge is -2.13. The molecule has 0 amide bonds. The van der Waals surface area contributed by atoms with E-state index in [2.05, 4.69) is 9.71 Å². The summed E-state index contributed by atoms with van der Waals surface area (Å²) in [5.41, 5.74) is 4.37. The minimum absolute atomic E-state index is 0.0139. The van der Waals surface area contributed by atoms with Gasteiger partial charge in [-0.05, 0) is 54.4 Å². The number of fused-ring (bicyclic) bond motifs is 2. The Balaban J connectivity index is 1.72. The number of aromatic hydroxyl groups is 2. The van der Waals surface area contributed by atoms with Gasteiger partial charge in [0.15, 0.2) is 0 Å². The molecule has 0 spiro atoms. The minimum Gasteiger partial charge on any atom is -0.506 e. The van der Waals surface area contributed by atoms with Crippen molar-refractivity contribution < 1.29 is 18.6 Å². The van der Waals surface area contributed by atoms with Crippen LogP contribution in [0.25, 0.3) is 32.9 Å². The van der Waals surface area contributed by atoms with Gasteiger partial charge < -0.3 is 19.3 Å². The number of aryl methyl sites for hydroxylation is 1. The number of phenolic OH excluding ortho intramolecular Hbond substituents is 1. The van der Waals surface area contributed by atoms with Gasteiger partial charge in [0.05, 0.1) is 22.0 Å². The summed E-state index contributed by atoms with van der Waals surface area (Å²) in [4.78, 5) is 3.98. The van der Waals surface area contributed by atoms with Crippen molar-refractivity contribution in [2.24, 2.45) is 7.05 Å². The highest BCUT2D eigenvalue weighted by atomic mass is 35.5. The van der Waals surface area contributed by atoms with Crippen LogP contribution in [0, 0.1) is 0 Å². The van der Waals surface area contributed by atoms with Crippen molar-refractivity contribution in [2.75, 3.05) is 10.5 Å². The second-order valence-corrected chi connectivity index (χ2v) is 10.8. The van der Waals surface area contributed by atoms with Crippen molar-refractivity contribution >= 4 is 49.1 Å². The molecule has 10 heteroatoms. The fourth-order valence-corrected chi connectivity index (χ4v) is 5.18. The standard InChI is InChI=1S/C25H23ClN4O4S/c1-3-35(33,34)28-21-11-16(19-14-29(2)24-17(19)6-8-27-25(24)32)12-22-18(21)7-9-30(22)13-15-4-5-23(31)20(26)10-15/h4-12,14,28,31H,3,13H2,1-2H3,(H,27,32). The van der Waals surface area contributed by atoms with Crippen LogP contribution >= 0.6 is 11.6 Å². The first-order valence-corrected chi connectivity index (χ1v) is 12.9. The zero-order valence-corrected chi connectivity index (χ0v) is 20.6. The lowest BCUT2D eigenvalue weighted by Crippen LogP contribution is -2.14. The van der Waals surface area contributed by atoms with Gasteiger partial charge in [-0.1, -0.05) is 17.7 Å². The van der Waals surface area contributed by atoms with Gasteiger partial charge in [0, 0.05) is 48.5 Å². The highest BCUT2D eigenvalue weighted by Crippen LogP contribution is 2.38. The molecule has 3 aromatic heterocycles. The Labute approximate surface area is 207 Å². The molecule has 2 aromatic carbocycles. The van der Waals surface area contributed by atoms with Crippen LogP contribution in [0.2, 0.25) is 5.02 Å². The Morgan fingerprint density at radius 2 is 1.89 bits per heavy atom. The van der Waals surface area contributed by atoms with Crippen LogP contribution in [0.5, 0.6) is 11.6 Å². The van der Waals surface area contributed by atoms with Crippen molar-refractivity contribution in [3.8, 4) is 22.8 Å². The number of hydrogen-bond donors (Lipinski definition) is 3. The average molecular weight is 511 g/mol. The molecule has 0 aliphatic heterocycles. The van der Waals surface area contributed by atoms with Gasteiger partial charge in [0.1, 0.15) is 11.3 Å². The molecule has 0 aliphatic rings. The molecule has 35 heavy (non-hydrogen) atoms. The normalized spacial score (nSPS) is 12.0. The number of nitrogens with one attached hydrogen (secondary N) is 1. The Morgan fingerprint density at radius 3 is 2.63 bits per heavy atom. The lowest BCUT2D eigenvalue weighted by atomic mass is 10.0. The van der Waals surface area contributed by atoms with E-state index in [1.165, 1.54) is 6.20 Å². The van der Waals surface area contributed by atoms with Gasteiger partial charge in [-0.25, -0.2) is 13.4 Å². The first-order valence-electron chi connectivity index (χ1n) is 10.9.